The molecule has 2 aromatic heterocycles. The molecule has 0 amide bonds. The molecule has 2 saturated heterocycles. The van der Waals surface area contributed by atoms with Crippen molar-refractivity contribution in [3.8, 4) is 0 Å². The highest BCUT2D eigenvalue weighted by Crippen LogP contribution is 2.59. The van der Waals surface area contributed by atoms with E-state index in [2.05, 4.69) is 20.3 Å². The Bertz CT molecular complexity index is 987. The van der Waals surface area contributed by atoms with E-state index in [1.54, 1.807) is 11.0 Å². The minimum Gasteiger partial charge on any atom is -0.359 e. The van der Waals surface area contributed by atoms with E-state index in [1.807, 2.05) is 0 Å². The second-order valence-electron chi connectivity index (χ2n) is 7.98. The summed E-state index contributed by atoms with van der Waals surface area (Å²) in [6, 6.07) is 2.99. The lowest BCUT2D eigenvalue weighted by molar-refractivity contribution is -0.141. The number of halogens is 7. The van der Waals surface area contributed by atoms with Gasteiger partial charge in [-0.3, -0.25) is 0 Å². The van der Waals surface area contributed by atoms with Crippen LogP contribution in [0.3, 0.4) is 0 Å². The normalized spacial score (nSPS) is 25.8. The van der Waals surface area contributed by atoms with E-state index in [-0.39, 0.29) is 24.7 Å². The van der Waals surface area contributed by atoms with E-state index in [9.17, 15) is 30.7 Å². The van der Waals surface area contributed by atoms with E-state index >= 15 is 0 Å². The molecule has 2 unspecified atom stereocenters. The Morgan fingerprint density at radius 3 is 2.13 bits per heavy atom. The average molecular weight is 448 g/mol. The first-order valence-corrected chi connectivity index (χ1v) is 9.36. The third-order valence-corrected chi connectivity index (χ3v) is 5.73. The molecule has 2 aromatic rings. The standard InChI is InChI=1S/C18H15F7N6/c19-16(20)7-31(8-16)9-1-13(28-14-4-26-12(3-27-14)18(23,24)25)29-15(2-9)30-5-10-11(6-30)17(10,21)22/h1-4,10-11H,5-8H2,(H,27,28,29). The first-order valence-electron chi connectivity index (χ1n) is 9.36. The molecule has 1 aliphatic carbocycles. The third kappa shape index (κ3) is 3.59. The van der Waals surface area contributed by atoms with Gasteiger partial charge in [0.1, 0.15) is 17.5 Å². The lowest BCUT2D eigenvalue weighted by Crippen LogP contribution is -2.56. The van der Waals surface area contributed by atoms with Gasteiger partial charge in [-0.15, -0.1) is 0 Å². The van der Waals surface area contributed by atoms with E-state index in [4.69, 9.17) is 0 Å². The van der Waals surface area contributed by atoms with E-state index < -0.39 is 48.6 Å². The van der Waals surface area contributed by atoms with Crippen molar-refractivity contribution in [1.82, 2.24) is 15.0 Å². The minimum atomic E-state index is -4.64. The van der Waals surface area contributed by atoms with Gasteiger partial charge in [0.05, 0.1) is 37.3 Å². The highest BCUT2D eigenvalue weighted by atomic mass is 19.4. The smallest absolute Gasteiger partial charge is 0.359 e. The number of rotatable bonds is 4. The summed E-state index contributed by atoms with van der Waals surface area (Å²) >= 11 is 0. The summed E-state index contributed by atoms with van der Waals surface area (Å²) in [5.41, 5.74) is -0.772. The lowest BCUT2D eigenvalue weighted by Gasteiger charge is -2.40. The summed E-state index contributed by atoms with van der Waals surface area (Å²) in [6.07, 6.45) is -3.21. The second-order valence-corrected chi connectivity index (χ2v) is 7.98. The Morgan fingerprint density at radius 1 is 0.903 bits per heavy atom. The number of pyridine rings is 1. The van der Waals surface area contributed by atoms with Crippen LogP contribution in [0.4, 0.5) is 53.9 Å². The molecule has 0 aromatic carbocycles. The molecule has 0 radical (unpaired) electrons. The molecule has 31 heavy (non-hydrogen) atoms. The van der Waals surface area contributed by atoms with Gasteiger partial charge < -0.3 is 15.1 Å². The summed E-state index contributed by atoms with van der Waals surface area (Å²) in [7, 11) is 0. The third-order valence-electron chi connectivity index (χ3n) is 5.73. The Labute approximate surface area is 171 Å². The molecule has 13 heteroatoms. The molecule has 3 fully saturated rings. The van der Waals surface area contributed by atoms with Crippen molar-refractivity contribution in [3.63, 3.8) is 0 Å². The average Bonchev–Trinajstić information content (AvgIpc) is 3.02. The van der Waals surface area contributed by atoms with Crippen molar-refractivity contribution in [2.75, 3.05) is 41.3 Å². The predicted molar refractivity (Wildman–Crippen MR) is 95.9 cm³/mol. The molecule has 2 atom stereocenters. The molecule has 0 spiro atoms. The minimum absolute atomic E-state index is 0.0339. The fraction of sp³-hybridized carbons (Fsp3) is 0.500. The first kappa shape index (κ1) is 20.1. The molecular weight excluding hydrogens is 433 g/mol. The summed E-state index contributed by atoms with van der Waals surface area (Å²) < 4.78 is 91.6. The van der Waals surface area contributed by atoms with Crippen LogP contribution in [0, 0.1) is 11.8 Å². The lowest BCUT2D eigenvalue weighted by atomic mass is 10.1. The van der Waals surface area contributed by atoms with Crippen LogP contribution >= 0.6 is 0 Å². The number of nitrogens with one attached hydrogen (secondary N) is 1. The molecule has 166 valence electrons. The molecule has 2 aliphatic heterocycles. The highest BCUT2D eigenvalue weighted by Gasteiger charge is 2.71. The van der Waals surface area contributed by atoms with Gasteiger partial charge in [0.25, 0.3) is 11.8 Å². The van der Waals surface area contributed by atoms with Crippen LogP contribution in [-0.2, 0) is 6.18 Å². The Morgan fingerprint density at radius 2 is 1.58 bits per heavy atom. The van der Waals surface area contributed by atoms with Crippen LogP contribution in [0.5, 0.6) is 0 Å². The van der Waals surface area contributed by atoms with Gasteiger partial charge >= 0.3 is 6.18 Å². The molecular formula is C18H15F7N6. The van der Waals surface area contributed by atoms with Gasteiger partial charge in [-0.2, -0.15) is 13.2 Å². The molecule has 3 aliphatic rings. The summed E-state index contributed by atoms with van der Waals surface area (Å²) in [5, 5.41) is 2.71. The quantitative estimate of drug-likeness (QED) is 0.719. The van der Waals surface area contributed by atoms with Crippen molar-refractivity contribution in [2.45, 2.75) is 18.0 Å². The van der Waals surface area contributed by atoms with Crippen LogP contribution in [-0.4, -0.2) is 53.0 Å². The SMILES string of the molecule is FC1(F)CN(c2cc(Nc3cnc(C(F)(F)F)cn3)nc(N3CC4C(C3)C4(F)F)c2)C1. The van der Waals surface area contributed by atoms with Gasteiger partial charge in [0.15, 0.2) is 5.69 Å². The maximum atomic E-state index is 13.5. The molecule has 1 saturated carbocycles. The van der Waals surface area contributed by atoms with Gasteiger partial charge in [0.2, 0.25) is 0 Å². The number of piperidine rings is 1. The Balaban J connectivity index is 1.40. The number of aromatic nitrogens is 3. The van der Waals surface area contributed by atoms with Gasteiger partial charge in [-0.1, -0.05) is 0 Å². The zero-order valence-electron chi connectivity index (χ0n) is 15.7. The number of anilines is 4. The van der Waals surface area contributed by atoms with E-state index in [0.717, 1.165) is 6.20 Å². The summed E-state index contributed by atoms with van der Waals surface area (Å²) in [5.74, 6) is -6.62. The number of hydrogen-bond donors (Lipinski definition) is 1. The predicted octanol–water partition coefficient (Wildman–Crippen LogP) is 3.79. The van der Waals surface area contributed by atoms with Crippen LogP contribution in [0.2, 0.25) is 0 Å². The second kappa shape index (κ2) is 6.33. The van der Waals surface area contributed by atoms with Crippen LogP contribution < -0.4 is 15.1 Å². The molecule has 1 N–H and O–H groups in total. The molecule has 4 heterocycles. The zero-order valence-corrected chi connectivity index (χ0v) is 15.7. The fourth-order valence-corrected chi connectivity index (χ4v) is 3.97. The molecule has 0 bridgehead atoms. The number of fused-ring (bicyclic) bond motifs is 1. The summed E-state index contributed by atoms with van der Waals surface area (Å²) in [6.45, 7) is -0.827. The fourth-order valence-electron chi connectivity index (χ4n) is 3.97. The molecule has 6 nitrogen and oxygen atoms in total. The van der Waals surface area contributed by atoms with Gasteiger partial charge in [0, 0.05) is 30.9 Å². The maximum Gasteiger partial charge on any atom is 0.434 e. The van der Waals surface area contributed by atoms with Gasteiger partial charge in [-0.25, -0.2) is 32.5 Å². The number of nitrogens with zero attached hydrogens (tertiary/aromatic N) is 5. The van der Waals surface area contributed by atoms with Crippen molar-refractivity contribution in [1.29, 1.82) is 0 Å². The largest absolute Gasteiger partial charge is 0.434 e. The van der Waals surface area contributed by atoms with Crippen molar-refractivity contribution < 1.29 is 30.7 Å². The topological polar surface area (TPSA) is 57.2 Å². The van der Waals surface area contributed by atoms with Crippen molar-refractivity contribution in [2.24, 2.45) is 11.8 Å². The van der Waals surface area contributed by atoms with Crippen LogP contribution in [0.1, 0.15) is 5.69 Å². The van der Waals surface area contributed by atoms with E-state index in [1.165, 1.54) is 11.0 Å². The molecule has 5 rings (SSSR count). The van der Waals surface area contributed by atoms with Crippen LogP contribution in [0.15, 0.2) is 24.5 Å². The summed E-state index contributed by atoms with van der Waals surface area (Å²) in [4.78, 5) is 14.3. The van der Waals surface area contributed by atoms with Gasteiger partial charge in [-0.05, 0) is 0 Å². The van der Waals surface area contributed by atoms with E-state index in [0.29, 0.717) is 17.7 Å². The van der Waals surface area contributed by atoms with Crippen molar-refractivity contribution in [3.05, 3.63) is 30.2 Å². The zero-order chi connectivity index (χ0) is 22.2. The number of hydrogen-bond acceptors (Lipinski definition) is 6. The van der Waals surface area contributed by atoms with Crippen LogP contribution in [0.25, 0.3) is 0 Å². The van der Waals surface area contributed by atoms with Crippen molar-refractivity contribution >= 4 is 23.1 Å². The number of alkyl halides is 7. The monoisotopic (exact) mass is 448 g/mol. The first-order chi connectivity index (χ1) is 14.4. The maximum absolute atomic E-state index is 13.5. The highest BCUT2D eigenvalue weighted by molar-refractivity contribution is 5.67. The Hall–Kier alpha value is -2.86. The Kier molecular flexibility index (Phi) is 4.10.